The lowest BCUT2D eigenvalue weighted by Gasteiger charge is -2.23. The minimum Gasteiger partial charge on any atom is -0.484 e. The van der Waals surface area contributed by atoms with E-state index in [4.69, 9.17) is 22.1 Å². The van der Waals surface area contributed by atoms with Crippen LogP contribution in [0.5, 0.6) is 5.75 Å². The van der Waals surface area contributed by atoms with Crippen LogP contribution in [0.1, 0.15) is 18.6 Å². The summed E-state index contributed by atoms with van der Waals surface area (Å²) in [5.41, 5.74) is 6.86. The largest absolute Gasteiger partial charge is 0.484 e. The summed E-state index contributed by atoms with van der Waals surface area (Å²) in [6, 6.07) is 11.6. The highest BCUT2D eigenvalue weighted by Gasteiger charge is 2.19. The second-order valence-electron chi connectivity index (χ2n) is 4.53. The highest BCUT2D eigenvalue weighted by atomic mass is 79.9. The summed E-state index contributed by atoms with van der Waals surface area (Å²) in [5, 5.41) is 0.622. The molecule has 0 bridgehead atoms. The van der Waals surface area contributed by atoms with Gasteiger partial charge < -0.3 is 10.5 Å². The van der Waals surface area contributed by atoms with Crippen molar-refractivity contribution in [2.45, 2.75) is 19.1 Å². The summed E-state index contributed by atoms with van der Waals surface area (Å²) in [6.07, 6.45) is -0.355. The molecule has 2 nitrogen and oxygen atoms in total. The first-order valence-corrected chi connectivity index (χ1v) is 7.27. The molecular formula is C15H14BrClFNO. The Balaban J connectivity index is 2.28. The molecule has 2 N–H and O–H groups in total. The quantitative estimate of drug-likeness (QED) is 0.859. The van der Waals surface area contributed by atoms with Crippen LogP contribution in [0.4, 0.5) is 4.39 Å². The molecule has 0 radical (unpaired) electrons. The van der Waals surface area contributed by atoms with E-state index in [1.165, 1.54) is 6.07 Å². The number of rotatable bonds is 4. The third-order valence-corrected chi connectivity index (χ3v) is 3.65. The SMILES string of the molecule is CC(N)C(Oc1ccc(F)c(Br)c1)c1cccc(Cl)c1. The van der Waals surface area contributed by atoms with Crippen molar-refractivity contribution in [3.8, 4) is 5.75 Å². The number of halogens is 3. The minimum absolute atomic E-state index is 0.239. The van der Waals surface area contributed by atoms with Gasteiger partial charge in [-0.3, -0.25) is 0 Å². The van der Waals surface area contributed by atoms with Gasteiger partial charge in [-0.05, 0) is 58.7 Å². The van der Waals surface area contributed by atoms with Crippen LogP contribution in [0.2, 0.25) is 5.02 Å². The van der Waals surface area contributed by atoms with Gasteiger partial charge in [0.15, 0.2) is 0 Å². The molecule has 0 spiro atoms. The molecule has 2 aromatic rings. The first-order chi connectivity index (χ1) is 9.47. The molecule has 0 aliphatic carbocycles. The first kappa shape index (κ1) is 15.3. The van der Waals surface area contributed by atoms with E-state index in [0.717, 1.165) is 5.56 Å². The molecule has 2 rings (SSSR count). The van der Waals surface area contributed by atoms with E-state index in [0.29, 0.717) is 15.2 Å². The van der Waals surface area contributed by atoms with Crippen molar-refractivity contribution in [3.05, 3.63) is 63.3 Å². The van der Waals surface area contributed by atoms with E-state index in [-0.39, 0.29) is 18.0 Å². The van der Waals surface area contributed by atoms with Crippen molar-refractivity contribution in [1.82, 2.24) is 0 Å². The fraction of sp³-hybridized carbons (Fsp3) is 0.200. The van der Waals surface area contributed by atoms with Gasteiger partial charge in [0.25, 0.3) is 0 Å². The Morgan fingerprint density at radius 1 is 1.25 bits per heavy atom. The smallest absolute Gasteiger partial charge is 0.138 e. The monoisotopic (exact) mass is 357 g/mol. The molecule has 0 aliphatic heterocycles. The van der Waals surface area contributed by atoms with Gasteiger partial charge in [0, 0.05) is 11.1 Å². The molecule has 0 aromatic heterocycles. The summed E-state index contributed by atoms with van der Waals surface area (Å²) in [5.74, 6) is 0.206. The summed E-state index contributed by atoms with van der Waals surface area (Å²) in [7, 11) is 0. The molecule has 0 fully saturated rings. The summed E-state index contributed by atoms with van der Waals surface area (Å²) < 4.78 is 19.4. The highest BCUT2D eigenvalue weighted by Crippen LogP contribution is 2.28. The van der Waals surface area contributed by atoms with E-state index in [1.54, 1.807) is 18.2 Å². The van der Waals surface area contributed by atoms with Crippen molar-refractivity contribution in [2.75, 3.05) is 0 Å². The number of nitrogens with two attached hydrogens (primary N) is 1. The van der Waals surface area contributed by atoms with Crippen LogP contribution in [0.3, 0.4) is 0 Å². The van der Waals surface area contributed by atoms with E-state index >= 15 is 0 Å². The maximum absolute atomic E-state index is 13.2. The van der Waals surface area contributed by atoms with Gasteiger partial charge in [0.2, 0.25) is 0 Å². The number of hydrogen-bond acceptors (Lipinski definition) is 2. The zero-order valence-electron chi connectivity index (χ0n) is 10.8. The molecule has 2 atom stereocenters. The van der Waals surface area contributed by atoms with Crippen LogP contribution < -0.4 is 10.5 Å². The maximum Gasteiger partial charge on any atom is 0.138 e. The fourth-order valence-corrected chi connectivity index (χ4v) is 2.42. The zero-order valence-corrected chi connectivity index (χ0v) is 13.2. The third-order valence-electron chi connectivity index (χ3n) is 2.81. The van der Waals surface area contributed by atoms with Crippen molar-refractivity contribution >= 4 is 27.5 Å². The van der Waals surface area contributed by atoms with Crippen LogP contribution in [0.15, 0.2) is 46.9 Å². The normalized spacial score (nSPS) is 13.8. The van der Waals surface area contributed by atoms with Gasteiger partial charge in [-0.1, -0.05) is 23.7 Å². The van der Waals surface area contributed by atoms with E-state index in [2.05, 4.69) is 15.9 Å². The second-order valence-corrected chi connectivity index (χ2v) is 5.82. The predicted molar refractivity (Wildman–Crippen MR) is 82.6 cm³/mol. The Morgan fingerprint density at radius 3 is 2.60 bits per heavy atom. The van der Waals surface area contributed by atoms with Gasteiger partial charge in [-0.25, -0.2) is 4.39 Å². The molecule has 5 heteroatoms. The Hall–Kier alpha value is -1.10. The Morgan fingerprint density at radius 2 is 2.00 bits per heavy atom. The lowest BCUT2D eigenvalue weighted by Crippen LogP contribution is -2.29. The predicted octanol–water partition coefficient (Wildman–Crippen LogP) is 4.71. The second kappa shape index (κ2) is 6.57. The number of benzene rings is 2. The maximum atomic E-state index is 13.2. The summed E-state index contributed by atoms with van der Waals surface area (Å²) in [6.45, 7) is 1.85. The van der Waals surface area contributed by atoms with Gasteiger partial charge in [0.1, 0.15) is 17.7 Å². The van der Waals surface area contributed by atoms with Crippen LogP contribution in [0, 0.1) is 5.82 Å². The molecular weight excluding hydrogens is 345 g/mol. The average Bonchev–Trinajstić information content (AvgIpc) is 2.39. The molecule has 0 saturated heterocycles. The van der Waals surface area contributed by atoms with E-state index in [1.807, 2.05) is 25.1 Å². The van der Waals surface area contributed by atoms with Gasteiger partial charge >= 0.3 is 0 Å². The van der Waals surface area contributed by atoms with Crippen molar-refractivity contribution < 1.29 is 9.13 Å². The van der Waals surface area contributed by atoms with Crippen molar-refractivity contribution in [1.29, 1.82) is 0 Å². The van der Waals surface area contributed by atoms with Crippen molar-refractivity contribution in [2.24, 2.45) is 5.73 Å². The lowest BCUT2D eigenvalue weighted by molar-refractivity contribution is 0.180. The van der Waals surface area contributed by atoms with Gasteiger partial charge in [-0.2, -0.15) is 0 Å². The minimum atomic E-state index is -0.355. The van der Waals surface area contributed by atoms with Gasteiger partial charge in [0.05, 0.1) is 4.47 Å². The average molecular weight is 359 g/mol. The first-order valence-electron chi connectivity index (χ1n) is 6.10. The van der Waals surface area contributed by atoms with Crippen LogP contribution in [0.25, 0.3) is 0 Å². The Bertz CT molecular complexity index is 606. The highest BCUT2D eigenvalue weighted by molar-refractivity contribution is 9.10. The van der Waals surface area contributed by atoms with Crippen LogP contribution in [-0.4, -0.2) is 6.04 Å². The molecule has 0 amide bonds. The molecule has 2 aromatic carbocycles. The standard InChI is InChI=1S/C15H14BrClFNO/c1-9(19)15(10-3-2-4-11(17)7-10)20-12-5-6-14(18)13(16)8-12/h2-9,15H,19H2,1H3. The zero-order chi connectivity index (χ0) is 14.7. The van der Waals surface area contributed by atoms with Crippen molar-refractivity contribution in [3.63, 3.8) is 0 Å². The number of hydrogen-bond donors (Lipinski definition) is 1. The molecule has 0 heterocycles. The molecule has 106 valence electrons. The van der Waals surface area contributed by atoms with E-state index < -0.39 is 0 Å². The number of ether oxygens (including phenoxy) is 1. The summed E-state index contributed by atoms with van der Waals surface area (Å²) in [4.78, 5) is 0. The summed E-state index contributed by atoms with van der Waals surface area (Å²) >= 11 is 9.12. The van der Waals surface area contributed by atoms with Crippen LogP contribution >= 0.6 is 27.5 Å². The fourth-order valence-electron chi connectivity index (χ4n) is 1.86. The van der Waals surface area contributed by atoms with Crippen LogP contribution in [-0.2, 0) is 0 Å². The third kappa shape index (κ3) is 3.72. The Kier molecular flexibility index (Phi) is 5.02. The lowest BCUT2D eigenvalue weighted by atomic mass is 10.0. The molecule has 0 saturated carbocycles. The molecule has 2 unspecified atom stereocenters. The molecule has 0 aliphatic rings. The topological polar surface area (TPSA) is 35.2 Å². The van der Waals surface area contributed by atoms with E-state index in [9.17, 15) is 4.39 Å². The van der Waals surface area contributed by atoms with Gasteiger partial charge in [-0.15, -0.1) is 0 Å². The molecule has 20 heavy (non-hydrogen) atoms. The Labute approximate surface area is 130 Å².